The number of amidine groups is 1. The van der Waals surface area contributed by atoms with E-state index in [0.29, 0.717) is 17.2 Å². The molecule has 0 heterocycles. The van der Waals surface area contributed by atoms with Gasteiger partial charge in [0.05, 0.1) is 5.69 Å². The summed E-state index contributed by atoms with van der Waals surface area (Å²) in [4.78, 5) is 4.18. The van der Waals surface area contributed by atoms with Crippen molar-refractivity contribution in [1.29, 1.82) is 0 Å². The molecule has 1 aromatic carbocycles. The van der Waals surface area contributed by atoms with Crippen LogP contribution in [0, 0.1) is 5.41 Å². The molecule has 1 aromatic rings. The van der Waals surface area contributed by atoms with Gasteiger partial charge < -0.3 is 16.6 Å². The molecular weight excluding hydrogens is 214 g/mol. The number of aliphatic imine (C=N–C) groups is 1. The lowest BCUT2D eigenvalue weighted by molar-refractivity contribution is 0.475. The Kier molecular flexibility index (Phi) is 3.78. The molecular formula is C13H19N3O. The first kappa shape index (κ1) is 13.1. The fraction of sp³-hybridized carbons (Fsp3) is 0.308. The molecule has 92 valence electrons. The van der Waals surface area contributed by atoms with E-state index in [4.69, 9.17) is 16.6 Å². The van der Waals surface area contributed by atoms with Crippen molar-refractivity contribution in [3.8, 4) is 5.75 Å². The van der Waals surface area contributed by atoms with Gasteiger partial charge in [0.15, 0.2) is 0 Å². The Balaban J connectivity index is 2.90. The van der Waals surface area contributed by atoms with Gasteiger partial charge in [-0.1, -0.05) is 20.8 Å². The predicted molar refractivity (Wildman–Crippen MR) is 71.1 cm³/mol. The molecule has 0 aliphatic rings. The van der Waals surface area contributed by atoms with Crippen LogP contribution in [0.1, 0.15) is 20.8 Å². The highest BCUT2D eigenvalue weighted by Crippen LogP contribution is 2.21. The quantitative estimate of drug-likeness (QED) is 0.541. The van der Waals surface area contributed by atoms with E-state index in [1.165, 1.54) is 0 Å². The van der Waals surface area contributed by atoms with Crippen LogP contribution in [0.4, 0.5) is 5.69 Å². The highest BCUT2D eigenvalue weighted by atomic mass is 16.3. The Morgan fingerprint density at radius 2 is 1.71 bits per heavy atom. The maximum atomic E-state index is 9.13. The number of phenols is 1. The van der Waals surface area contributed by atoms with Crippen LogP contribution in [-0.4, -0.2) is 10.9 Å². The molecule has 0 fully saturated rings. The average Bonchev–Trinajstić information content (AvgIpc) is 2.20. The average molecular weight is 233 g/mol. The smallest absolute Gasteiger partial charge is 0.125 e. The summed E-state index contributed by atoms with van der Waals surface area (Å²) in [6.07, 6.45) is 1.66. The first-order chi connectivity index (χ1) is 7.79. The third-order valence-corrected chi connectivity index (χ3v) is 2.28. The molecule has 4 nitrogen and oxygen atoms in total. The summed E-state index contributed by atoms with van der Waals surface area (Å²) in [6, 6.07) is 6.48. The van der Waals surface area contributed by atoms with Crippen molar-refractivity contribution in [2.24, 2.45) is 21.9 Å². The largest absolute Gasteiger partial charge is 0.508 e. The number of nitrogens with zero attached hydrogens (tertiary/aromatic N) is 1. The van der Waals surface area contributed by atoms with Gasteiger partial charge in [0, 0.05) is 11.1 Å². The standard InChI is InChI=1S/C13H19N3O/c1-13(2,3)11(14)8-12(15)16-9-4-6-10(17)7-5-9/h4-8,17H,14H2,1-3H3,(H2,15,16)/b11-8-. The van der Waals surface area contributed by atoms with Crippen molar-refractivity contribution < 1.29 is 5.11 Å². The monoisotopic (exact) mass is 233 g/mol. The molecule has 0 saturated carbocycles. The van der Waals surface area contributed by atoms with Crippen LogP contribution in [0.5, 0.6) is 5.75 Å². The lowest BCUT2D eigenvalue weighted by Crippen LogP contribution is -2.20. The van der Waals surface area contributed by atoms with Crippen molar-refractivity contribution in [1.82, 2.24) is 0 Å². The fourth-order valence-corrected chi connectivity index (χ4v) is 1.08. The highest BCUT2D eigenvalue weighted by molar-refractivity contribution is 5.93. The van der Waals surface area contributed by atoms with Gasteiger partial charge in [-0.3, -0.25) is 0 Å². The van der Waals surface area contributed by atoms with Gasteiger partial charge in [0.1, 0.15) is 11.6 Å². The summed E-state index contributed by atoms with van der Waals surface area (Å²) in [6.45, 7) is 6.02. The molecule has 0 atom stereocenters. The summed E-state index contributed by atoms with van der Waals surface area (Å²) < 4.78 is 0. The Labute approximate surface area is 102 Å². The molecule has 0 aromatic heterocycles. The first-order valence-corrected chi connectivity index (χ1v) is 5.40. The van der Waals surface area contributed by atoms with Crippen molar-refractivity contribution in [2.45, 2.75) is 20.8 Å². The zero-order valence-corrected chi connectivity index (χ0v) is 10.4. The topological polar surface area (TPSA) is 84.6 Å². The number of benzene rings is 1. The molecule has 0 unspecified atom stereocenters. The van der Waals surface area contributed by atoms with E-state index < -0.39 is 0 Å². The van der Waals surface area contributed by atoms with Crippen LogP contribution < -0.4 is 11.5 Å². The second kappa shape index (κ2) is 4.91. The van der Waals surface area contributed by atoms with Gasteiger partial charge in [-0.25, -0.2) is 4.99 Å². The van der Waals surface area contributed by atoms with Crippen LogP contribution in [0.25, 0.3) is 0 Å². The zero-order valence-electron chi connectivity index (χ0n) is 10.4. The van der Waals surface area contributed by atoms with Gasteiger partial charge in [-0.15, -0.1) is 0 Å². The molecule has 0 aliphatic carbocycles. The first-order valence-electron chi connectivity index (χ1n) is 5.40. The minimum atomic E-state index is -0.130. The van der Waals surface area contributed by atoms with Crippen LogP contribution in [0.3, 0.4) is 0 Å². The molecule has 5 N–H and O–H groups in total. The normalized spacial score (nSPS) is 13.8. The minimum absolute atomic E-state index is 0.130. The molecule has 0 radical (unpaired) electrons. The van der Waals surface area contributed by atoms with E-state index >= 15 is 0 Å². The molecule has 0 amide bonds. The zero-order chi connectivity index (χ0) is 13.1. The minimum Gasteiger partial charge on any atom is -0.508 e. The van der Waals surface area contributed by atoms with Gasteiger partial charge in [-0.2, -0.15) is 0 Å². The van der Waals surface area contributed by atoms with E-state index in [0.717, 1.165) is 0 Å². The second-order valence-electron chi connectivity index (χ2n) is 4.90. The van der Waals surface area contributed by atoms with E-state index in [-0.39, 0.29) is 11.2 Å². The van der Waals surface area contributed by atoms with Crippen LogP contribution in [-0.2, 0) is 0 Å². The highest BCUT2D eigenvalue weighted by Gasteiger charge is 2.13. The van der Waals surface area contributed by atoms with Gasteiger partial charge in [-0.05, 0) is 30.3 Å². The SMILES string of the molecule is CC(C)(C)/C(N)=C/C(N)=Nc1ccc(O)cc1. The Morgan fingerprint density at radius 3 is 2.18 bits per heavy atom. The van der Waals surface area contributed by atoms with Crippen molar-refractivity contribution in [2.75, 3.05) is 0 Å². The van der Waals surface area contributed by atoms with Gasteiger partial charge in [0.2, 0.25) is 0 Å². The second-order valence-corrected chi connectivity index (χ2v) is 4.90. The van der Waals surface area contributed by atoms with E-state index in [2.05, 4.69) is 4.99 Å². The Hall–Kier alpha value is -1.97. The van der Waals surface area contributed by atoms with Crippen LogP contribution in [0.15, 0.2) is 41.0 Å². The fourth-order valence-electron chi connectivity index (χ4n) is 1.08. The number of aromatic hydroxyl groups is 1. The van der Waals surface area contributed by atoms with E-state index in [1.807, 2.05) is 20.8 Å². The third kappa shape index (κ3) is 4.18. The van der Waals surface area contributed by atoms with Crippen LogP contribution in [0.2, 0.25) is 0 Å². The molecule has 4 heteroatoms. The maximum absolute atomic E-state index is 9.13. The number of hydrogen-bond donors (Lipinski definition) is 3. The lowest BCUT2D eigenvalue weighted by atomic mass is 9.92. The number of hydrogen-bond acceptors (Lipinski definition) is 3. The number of allylic oxidation sites excluding steroid dienone is 1. The lowest BCUT2D eigenvalue weighted by Gasteiger charge is -2.18. The summed E-state index contributed by atoms with van der Waals surface area (Å²) in [7, 11) is 0. The van der Waals surface area contributed by atoms with Crippen molar-refractivity contribution in [3.63, 3.8) is 0 Å². The Bertz CT molecular complexity index is 439. The van der Waals surface area contributed by atoms with E-state index in [1.54, 1.807) is 30.3 Å². The number of rotatable bonds is 2. The van der Waals surface area contributed by atoms with E-state index in [9.17, 15) is 0 Å². The maximum Gasteiger partial charge on any atom is 0.125 e. The van der Waals surface area contributed by atoms with Gasteiger partial charge >= 0.3 is 0 Å². The third-order valence-electron chi connectivity index (χ3n) is 2.28. The molecule has 0 spiro atoms. The van der Waals surface area contributed by atoms with Crippen LogP contribution >= 0.6 is 0 Å². The summed E-state index contributed by atoms with van der Waals surface area (Å²) in [5, 5.41) is 9.13. The van der Waals surface area contributed by atoms with Crippen molar-refractivity contribution in [3.05, 3.63) is 36.0 Å². The summed E-state index contributed by atoms with van der Waals surface area (Å²) in [5.74, 6) is 0.551. The van der Waals surface area contributed by atoms with Crippen molar-refractivity contribution >= 4 is 11.5 Å². The number of phenolic OH excluding ortho intramolecular Hbond substituents is 1. The molecule has 0 aliphatic heterocycles. The summed E-state index contributed by atoms with van der Waals surface area (Å²) in [5.41, 5.74) is 12.9. The molecule has 1 rings (SSSR count). The summed E-state index contributed by atoms with van der Waals surface area (Å²) >= 11 is 0. The van der Waals surface area contributed by atoms with Gasteiger partial charge in [0.25, 0.3) is 0 Å². The molecule has 17 heavy (non-hydrogen) atoms. The molecule has 0 bridgehead atoms. The number of nitrogens with two attached hydrogens (primary N) is 2. The molecule has 0 saturated heterocycles. The Morgan fingerprint density at radius 1 is 1.18 bits per heavy atom. The predicted octanol–water partition coefficient (Wildman–Crippen LogP) is 2.27.